The molecule has 94 valence electrons. The van der Waals surface area contributed by atoms with Gasteiger partial charge < -0.3 is 15.5 Å². The van der Waals surface area contributed by atoms with E-state index in [2.05, 4.69) is 5.32 Å². The third-order valence-corrected chi connectivity index (χ3v) is 3.32. The lowest BCUT2D eigenvalue weighted by molar-refractivity contribution is -0.141. The first-order chi connectivity index (χ1) is 7.97. The molecule has 0 radical (unpaired) electrons. The molecule has 1 aromatic rings. The van der Waals surface area contributed by atoms with Crippen molar-refractivity contribution in [3.8, 4) is 0 Å². The topological polar surface area (TPSA) is 86.6 Å². The van der Waals surface area contributed by atoms with Crippen molar-refractivity contribution in [1.29, 1.82) is 0 Å². The second-order valence-corrected chi connectivity index (χ2v) is 4.57. The number of carboxylic acids is 1. The van der Waals surface area contributed by atoms with E-state index < -0.39 is 24.0 Å². The third kappa shape index (κ3) is 3.28. The van der Waals surface area contributed by atoms with Crippen molar-refractivity contribution in [2.75, 3.05) is 0 Å². The maximum absolute atomic E-state index is 11.8. The predicted octanol–water partition coefficient (Wildman–Crippen LogP) is 0.874. The highest BCUT2D eigenvalue weighted by molar-refractivity contribution is 7.12. The van der Waals surface area contributed by atoms with Crippen LogP contribution in [-0.2, 0) is 11.2 Å². The number of aliphatic hydroxyl groups is 1. The van der Waals surface area contributed by atoms with Crippen molar-refractivity contribution >= 4 is 23.2 Å². The van der Waals surface area contributed by atoms with Gasteiger partial charge in [0.1, 0.15) is 0 Å². The molecule has 0 saturated carbocycles. The van der Waals surface area contributed by atoms with Crippen LogP contribution in [0.4, 0.5) is 0 Å². The number of thiophene rings is 1. The van der Waals surface area contributed by atoms with E-state index in [4.69, 9.17) is 5.11 Å². The lowest BCUT2D eigenvalue weighted by Crippen LogP contribution is -2.47. The number of hydrogen-bond acceptors (Lipinski definition) is 4. The molecule has 0 spiro atoms. The fourth-order valence-electron chi connectivity index (χ4n) is 1.41. The molecule has 1 rings (SSSR count). The number of nitrogens with one attached hydrogen (secondary N) is 1. The average Bonchev–Trinajstić information content (AvgIpc) is 2.72. The Balaban J connectivity index is 2.81. The molecule has 2 atom stereocenters. The maximum atomic E-state index is 11.8. The quantitative estimate of drug-likeness (QED) is 0.730. The normalized spacial score (nSPS) is 14.1. The van der Waals surface area contributed by atoms with Crippen LogP contribution >= 0.6 is 11.3 Å². The summed E-state index contributed by atoms with van der Waals surface area (Å²) in [7, 11) is 0. The van der Waals surface area contributed by atoms with Crippen LogP contribution in [-0.4, -0.2) is 34.2 Å². The van der Waals surface area contributed by atoms with Gasteiger partial charge in [-0.25, -0.2) is 4.79 Å². The molecule has 0 aliphatic heterocycles. The van der Waals surface area contributed by atoms with Gasteiger partial charge in [0.05, 0.1) is 11.0 Å². The minimum absolute atomic E-state index is 0.454. The SMILES string of the molecule is CCc1ccsc1C(=O)NC(C(=O)O)C(C)O. The molecule has 0 aliphatic carbocycles. The number of amides is 1. The summed E-state index contributed by atoms with van der Waals surface area (Å²) in [6.07, 6.45) is -0.430. The van der Waals surface area contributed by atoms with Crippen molar-refractivity contribution in [2.24, 2.45) is 0 Å². The second kappa shape index (κ2) is 5.79. The van der Waals surface area contributed by atoms with Gasteiger partial charge in [-0.2, -0.15) is 0 Å². The van der Waals surface area contributed by atoms with Crippen molar-refractivity contribution in [2.45, 2.75) is 32.4 Å². The molecule has 0 saturated heterocycles. The van der Waals surface area contributed by atoms with Gasteiger partial charge in [-0.3, -0.25) is 4.79 Å². The molecule has 1 aromatic heterocycles. The van der Waals surface area contributed by atoms with E-state index in [1.165, 1.54) is 18.3 Å². The van der Waals surface area contributed by atoms with Crippen LogP contribution < -0.4 is 5.32 Å². The van der Waals surface area contributed by atoms with Crippen molar-refractivity contribution in [3.63, 3.8) is 0 Å². The first kappa shape index (κ1) is 13.7. The Morgan fingerprint density at radius 1 is 1.53 bits per heavy atom. The van der Waals surface area contributed by atoms with Crippen LogP contribution in [0.2, 0.25) is 0 Å². The molecular weight excluding hydrogens is 242 g/mol. The molecule has 3 N–H and O–H groups in total. The number of rotatable bonds is 5. The van der Waals surface area contributed by atoms with Gasteiger partial charge >= 0.3 is 5.97 Å². The molecule has 1 heterocycles. The minimum Gasteiger partial charge on any atom is -0.480 e. The van der Waals surface area contributed by atoms with Gasteiger partial charge in [-0.1, -0.05) is 6.92 Å². The molecule has 0 aliphatic rings. The summed E-state index contributed by atoms with van der Waals surface area (Å²) >= 11 is 1.26. The highest BCUT2D eigenvalue weighted by atomic mass is 32.1. The molecular formula is C11H15NO4S. The lowest BCUT2D eigenvalue weighted by Gasteiger charge is -2.16. The fourth-order valence-corrected chi connectivity index (χ4v) is 2.31. The Labute approximate surface area is 103 Å². The molecule has 5 nitrogen and oxygen atoms in total. The highest BCUT2D eigenvalue weighted by Gasteiger charge is 2.26. The summed E-state index contributed by atoms with van der Waals surface area (Å²) in [4.78, 5) is 23.2. The summed E-state index contributed by atoms with van der Waals surface area (Å²) < 4.78 is 0. The molecule has 17 heavy (non-hydrogen) atoms. The van der Waals surface area contributed by atoms with Gasteiger partial charge in [0.25, 0.3) is 5.91 Å². The van der Waals surface area contributed by atoms with E-state index in [0.29, 0.717) is 11.3 Å². The molecule has 2 unspecified atom stereocenters. The van der Waals surface area contributed by atoms with E-state index in [0.717, 1.165) is 5.56 Å². The first-order valence-electron chi connectivity index (χ1n) is 5.25. The Hall–Kier alpha value is -1.40. The zero-order chi connectivity index (χ0) is 13.0. The Morgan fingerprint density at radius 2 is 2.18 bits per heavy atom. The monoisotopic (exact) mass is 257 g/mol. The number of aliphatic hydroxyl groups excluding tert-OH is 1. The zero-order valence-electron chi connectivity index (χ0n) is 9.64. The largest absolute Gasteiger partial charge is 0.480 e. The number of aryl methyl sites for hydroxylation is 1. The van der Waals surface area contributed by atoms with Crippen LogP contribution in [0.1, 0.15) is 29.1 Å². The van der Waals surface area contributed by atoms with Gasteiger partial charge in [-0.15, -0.1) is 11.3 Å². The maximum Gasteiger partial charge on any atom is 0.328 e. The van der Waals surface area contributed by atoms with Crippen molar-refractivity contribution in [3.05, 3.63) is 21.9 Å². The number of carboxylic acid groups (broad SMARTS) is 1. The van der Waals surface area contributed by atoms with Gasteiger partial charge in [-0.05, 0) is 30.4 Å². The van der Waals surface area contributed by atoms with Gasteiger partial charge in [0.15, 0.2) is 6.04 Å². The van der Waals surface area contributed by atoms with E-state index in [1.807, 2.05) is 13.0 Å². The summed E-state index contributed by atoms with van der Waals surface area (Å²) in [6.45, 7) is 3.25. The van der Waals surface area contributed by atoms with Crippen molar-refractivity contribution < 1.29 is 19.8 Å². The van der Waals surface area contributed by atoms with E-state index in [1.54, 1.807) is 5.38 Å². The minimum atomic E-state index is -1.28. The summed E-state index contributed by atoms with van der Waals surface area (Å²) in [5.41, 5.74) is 0.877. The second-order valence-electron chi connectivity index (χ2n) is 3.66. The zero-order valence-corrected chi connectivity index (χ0v) is 10.5. The average molecular weight is 257 g/mol. The van der Waals surface area contributed by atoms with Gasteiger partial charge in [0.2, 0.25) is 0 Å². The molecule has 0 bridgehead atoms. The van der Waals surface area contributed by atoms with Crippen LogP contribution in [0.15, 0.2) is 11.4 Å². The van der Waals surface area contributed by atoms with E-state index in [-0.39, 0.29) is 0 Å². The lowest BCUT2D eigenvalue weighted by atomic mass is 10.1. The number of hydrogen-bond donors (Lipinski definition) is 3. The number of carbonyl (C=O) groups excluding carboxylic acids is 1. The third-order valence-electron chi connectivity index (χ3n) is 2.37. The molecule has 0 aromatic carbocycles. The Kier molecular flexibility index (Phi) is 4.65. The number of aliphatic carboxylic acids is 1. The van der Waals surface area contributed by atoms with Crippen LogP contribution in [0.5, 0.6) is 0 Å². The van der Waals surface area contributed by atoms with E-state index >= 15 is 0 Å². The van der Waals surface area contributed by atoms with Gasteiger partial charge in [0, 0.05) is 0 Å². The summed E-state index contributed by atoms with van der Waals surface area (Å²) in [5, 5.41) is 22.2. The fraction of sp³-hybridized carbons (Fsp3) is 0.455. The number of carbonyl (C=O) groups is 2. The van der Waals surface area contributed by atoms with E-state index in [9.17, 15) is 14.7 Å². The summed E-state index contributed by atoms with van der Waals surface area (Å²) in [6, 6.07) is 0.548. The van der Waals surface area contributed by atoms with Crippen LogP contribution in [0, 0.1) is 0 Å². The molecule has 1 amide bonds. The predicted molar refractivity (Wildman–Crippen MR) is 64.3 cm³/mol. The Bertz CT molecular complexity index is 413. The smallest absolute Gasteiger partial charge is 0.328 e. The summed E-state index contributed by atoms with van der Waals surface area (Å²) in [5.74, 6) is -1.70. The van der Waals surface area contributed by atoms with Crippen molar-refractivity contribution in [1.82, 2.24) is 5.32 Å². The van der Waals surface area contributed by atoms with Crippen LogP contribution in [0.25, 0.3) is 0 Å². The molecule has 0 fully saturated rings. The first-order valence-corrected chi connectivity index (χ1v) is 6.13. The standard InChI is InChI=1S/C11H15NO4S/c1-3-7-4-5-17-9(7)10(14)12-8(6(2)13)11(15)16/h4-6,8,13H,3H2,1-2H3,(H,12,14)(H,15,16). The molecule has 6 heteroatoms. The highest BCUT2D eigenvalue weighted by Crippen LogP contribution is 2.17. The Morgan fingerprint density at radius 3 is 2.65 bits per heavy atom. The van der Waals surface area contributed by atoms with Crippen LogP contribution in [0.3, 0.4) is 0 Å².